The molecule has 3 rings (SSSR count). The number of halogens is 1. The number of anilines is 1. The van der Waals surface area contributed by atoms with Gasteiger partial charge in [0, 0.05) is 38.6 Å². The van der Waals surface area contributed by atoms with Gasteiger partial charge in [-0.3, -0.25) is 0 Å². The first-order chi connectivity index (χ1) is 10.1. The molecule has 2 heterocycles. The molecule has 1 saturated heterocycles. The molecule has 1 aromatic heterocycles. The maximum atomic E-state index is 12.6. The lowest BCUT2D eigenvalue weighted by Crippen LogP contribution is -2.43. The molecule has 1 fully saturated rings. The lowest BCUT2D eigenvalue weighted by molar-refractivity contribution is 0.585. The van der Waals surface area contributed by atoms with Crippen LogP contribution in [0.25, 0.3) is 0 Å². The quantitative estimate of drug-likeness (QED) is 0.926. The third-order valence-electron chi connectivity index (χ3n) is 3.73. The van der Waals surface area contributed by atoms with E-state index in [-0.39, 0.29) is 12.4 Å². The van der Waals surface area contributed by atoms with E-state index >= 15 is 0 Å². The third-order valence-corrected chi connectivity index (χ3v) is 5.38. The zero-order chi connectivity index (χ0) is 14.9. The first-order valence-electron chi connectivity index (χ1n) is 7.03. The highest BCUT2D eigenvalue weighted by Gasteiger charge is 2.18. The number of rotatable bonds is 3. The number of nitrogens with one attached hydrogen (secondary N) is 1. The number of hydrogen-bond donors (Lipinski definition) is 1. The molecule has 0 saturated carbocycles. The van der Waals surface area contributed by atoms with Gasteiger partial charge in [0.2, 0.25) is 0 Å². The standard InChI is InChI=1S/C15H19N3O2S.ClH/c1-13-2-4-15(5-3-13)21(19,20)18-9-6-14(12-18)17-10-7-16-8-11-17;/h2-6,9,12,16H,7-8,10-11H2,1H3;1H. The van der Waals surface area contributed by atoms with Crippen molar-refractivity contribution >= 4 is 28.1 Å². The van der Waals surface area contributed by atoms with Crippen molar-refractivity contribution in [2.24, 2.45) is 0 Å². The summed E-state index contributed by atoms with van der Waals surface area (Å²) in [6.07, 6.45) is 3.31. The van der Waals surface area contributed by atoms with Gasteiger partial charge in [-0.2, -0.15) is 0 Å². The predicted molar refractivity (Wildman–Crippen MR) is 90.5 cm³/mol. The van der Waals surface area contributed by atoms with E-state index in [2.05, 4.69) is 10.2 Å². The van der Waals surface area contributed by atoms with Crippen molar-refractivity contribution in [3.05, 3.63) is 48.3 Å². The Bertz CT molecular complexity index is 720. The van der Waals surface area contributed by atoms with Crippen molar-refractivity contribution in [1.29, 1.82) is 0 Å². The summed E-state index contributed by atoms with van der Waals surface area (Å²) in [7, 11) is -3.50. The first kappa shape index (κ1) is 16.9. The highest BCUT2D eigenvalue weighted by Crippen LogP contribution is 2.20. The summed E-state index contributed by atoms with van der Waals surface area (Å²) in [5.74, 6) is 0. The molecule has 1 aliphatic rings. The molecule has 2 aromatic rings. The Morgan fingerprint density at radius 1 is 1.05 bits per heavy atom. The molecule has 0 bridgehead atoms. The van der Waals surface area contributed by atoms with Crippen molar-refractivity contribution in [3.8, 4) is 0 Å². The highest BCUT2D eigenvalue weighted by molar-refractivity contribution is 7.90. The summed E-state index contributed by atoms with van der Waals surface area (Å²) in [5.41, 5.74) is 2.00. The van der Waals surface area contributed by atoms with Crippen LogP contribution in [-0.4, -0.2) is 38.6 Å². The van der Waals surface area contributed by atoms with Gasteiger partial charge in [-0.15, -0.1) is 12.4 Å². The minimum absolute atomic E-state index is 0. The lowest BCUT2D eigenvalue weighted by Gasteiger charge is -2.28. The second-order valence-corrected chi connectivity index (χ2v) is 7.10. The highest BCUT2D eigenvalue weighted by atomic mass is 35.5. The summed E-state index contributed by atoms with van der Waals surface area (Å²) >= 11 is 0. The molecule has 22 heavy (non-hydrogen) atoms. The van der Waals surface area contributed by atoms with Gasteiger partial charge >= 0.3 is 0 Å². The third kappa shape index (κ3) is 3.29. The van der Waals surface area contributed by atoms with E-state index in [0.29, 0.717) is 4.90 Å². The van der Waals surface area contributed by atoms with Gasteiger partial charge in [0.1, 0.15) is 0 Å². The van der Waals surface area contributed by atoms with Crippen LogP contribution in [0.15, 0.2) is 47.6 Å². The van der Waals surface area contributed by atoms with Gasteiger partial charge in [-0.1, -0.05) is 17.7 Å². The molecule has 0 atom stereocenters. The molecule has 0 aliphatic carbocycles. The van der Waals surface area contributed by atoms with Crippen LogP contribution < -0.4 is 10.2 Å². The van der Waals surface area contributed by atoms with Crippen molar-refractivity contribution in [3.63, 3.8) is 0 Å². The number of benzene rings is 1. The maximum absolute atomic E-state index is 12.6. The Morgan fingerprint density at radius 2 is 1.68 bits per heavy atom. The summed E-state index contributed by atoms with van der Waals surface area (Å²) in [5, 5.41) is 3.29. The molecule has 0 amide bonds. The van der Waals surface area contributed by atoms with Gasteiger partial charge in [0.05, 0.1) is 10.6 Å². The average Bonchev–Trinajstić information content (AvgIpc) is 2.99. The van der Waals surface area contributed by atoms with Gasteiger partial charge in [0.15, 0.2) is 0 Å². The Morgan fingerprint density at radius 3 is 2.32 bits per heavy atom. The van der Waals surface area contributed by atoms with Crippen LogP contribution in [0.3, 0.4) is 0 Å². The molecule has 0 radical (unpaired) electrons. The zero-order valence-corrected chi connectivity index (χ0v) is 14.0. The summed E-state index contributed by atoms with van der Waals surface area (Å²) in [6, 6.07) is 8.78. The number of piperazine rings is 1. The second-order valence-electron chi connectivity index (χ2n) is 5.25. The number of aryl methyl sites for hydroxylation is 1. The molecule has 1 aromatic carbocycles. The molecule has 120 valence electrons. The number of hydrogen-bond acceptors (Lipinski definition) is 4. The fourth-order valence-electron chi connectivity index (χ4n) is 2.46. The Balaban J connectivity index is 0.00000176. The normalized spacial score (nSPS) is 15.4. The molecule has 7 heteroatoms. The summed E-state index contributed by atoms with van der Waals surface area (Å²) < 4.78 is 26.4. The smallest absolute Gasteiger partial charge is 0.267 e. The van der Waals surface area contributed by atoms with Gasteiger partial charge < -0.3 is 10.2 Å². The van der Waals surface area contributed by atoms with Gasteiger partial charge in [-0.25, -0.2) is 12.4 Å². The Labute approximate surface area is 137 Å². The fourth-order valence-corrected chi connectivity index (χ4v) is 3.65. The average molecular weight is 342 g/mol. The minimum atomic E-state index is -3.50. The van der Waals surface area contributed by atoms with E-state index in [4.69, 9.17) is 0 Å². The monoisotopic (exact) mass is 341 g/mol. The summed E-state index contributed by atoms with van der Waals surface area (Å²) in [4.78, 5) is 2.51. The van der Waals surface area contributed by atoms with Crippen molar-refractivity contribution in [2.45, 2.75) is 11.8 Å². The van der Waals surface area contributed by atoms with E-state index in [0.717, 1.165) is 37.4 Å². The molecular weight excluding hydrogens is 322 g/mol. The van der Waals surface area contributed by atoms with Crippen LogP contribution in [-0.2, 0) is 10.0 Å². The predicted octanol–water partition coefficient (Wildman–Crippen LogP) is 1.86. The zero-order valence-electron chi connectivity index (χ0n) is 12.4. The van der Waals surface area contributed by atoms with E-state index in [9.17, 15) is 8.42 Å². The largest absolute Gasteiger partial charge is 0.368 e. The first-order valence-corrected chi connectivity index (χ1v) is 8.47. The molecule has 0 spiro atoms. The lowest BCUT2D eigenvalue weighted by atomic mass is 10.2. The van der Waals surface area contributed by atoms with E-state index in [1.807, 2.05) is 25.1 Å². The van der Waals surface area contributed by atoms with Crippen LogP contribution in [0.1, 0.15) is 5.56 Å². The SMILES string of the molecule is Cc1ccc(S(=O)(=O)n2ccc(N3CCNCC3)c2)cc1.Cl. The molecule has 1 aliphatic heterocycles. The van der Waals surface area contributed by atoms with E-state index < -0.39 is 10.0 Å². The molecule has 1 N–H and O–H groups in total. The second kappa shape index (κ2) is 6.73. The van der Waals surface area contributed by atoms with Crippen LogP contribution >= 0.6 is 12.4 Å². The van der Waals surface area contributed by atoms with Crippen LogP contribution in [0.4, 0.5) is 5.69 Å². The van der Waals surface area contributed by atoms with E-state index in [1.165, 1.54) is 3.97 Å². The van der Waals surface area contributed by atoms with Gasteiger partial charge in [-0.05, 0) is 25.1 Å². The van der Waals surface area contributed by atoms with Crippen LogP contribution in [0, 0.1) is 6.92 Å². The molecular formula is C15H20ClN3O2S. The van der Waals surface area contributed by atoms with Crippen molar-refractivity contribution in [1.82, 2.24) is 9.29 Å². The van der Waals surface area contributed by atoms with Crippen LogP contribution in [0.2, 0.25) is 0 Å². The van der Waals surface area contributed by atoms with E-state index in [1.54, 1.807) is 24.5 Å². The fraction of sp³-hybridized carbons (Fsp3) is 0.333. The topological polar surface area (TPSA) is 54.3 Å². The number of nitrogens with zero attached hydrogens (tertiary/aromatic N) is 2. The van der Waals surface area contributed by atoms with Crippen LogP contribution in [0.5, 0.6) is 0 Å². The molecule has 0 unspecified atom stereocenters. The maximum Gasteiger partial charge on any atom is 0.267 e. The van der Waals surface area contributed by atoms with Gasteiger partial charge in [0.25, 0.3) is 10.0 Å². The van der Waals surface area contributed by atoms with Crippen molar-refractivity contribution in [2.75, 3.05) is 31.1 Å². The summed E-state index contributed by atoms with van der Waals surface area (Å²) in [6.45, 7) is 5.59. The molecule has 5 nitrogen and oxygen atoms in total. The number of aromatic nitrogens is 1. The Kier molecular flexibility index (Phi) is 5.16. The minimum Gasteiger partial charge on any atom is -0.368 e. The van der Waals surface area contributed by atoms with Crippen molar-refractivity contribution < 1.29 is 8.42 Å². The Hall–Kier alpha value is -1.50.